The Hall–Kier alpha value is -0.200. The lowest BCUT2D eigenvalue weighted by atomic mass is 9.95. The van der Waals surface area contributed by atoms with Crippen molar-refractivity contribution in [3.8, 4) is 0 Å². The van der Waals surface area contributed by atoms with Crippen molar-refractivity contribution in [2.75, 3.05) is 26.4 Å². The van der Waals surface area contributed by atoms with Gasteiger partial charge < -0.3 is 24.4 Å². The molecule has 1 fully saturated rings. The van der Waals surface area contributed by atoms with Gasteiger partial charge in [0.05, 0.1) is 18.8 Å². The molecule has 0 aromatic carbocycles. The summed E-state index contributed by atoms with van der Waals surface area (Å²) in [5.74, 6) is -0.0610. The second kappa shape index (κ2) is 22.3. The summed E-state index contributed by atoms with van der Waals surface area (Å²) in [7, 11) is 0. The van der Waals surface area contributed by atoms with Crippen molar-refractivity contribution < 1.29 is 24.4 Å². The molecular formula is C28H56O5. The topological polar surface area (TPSA) is 68.2 Å². The number of rotatable bonds is 23. The van der Waals surface area contributed by atoms with E-state index in [-0.39, 0.29) is 18.6 Å². The zero-order valence-corrected chi connectivity index (χ0v) is 22.0. The third-order valence-corrected chi connectivity index (χ3v) is 6.93. The first-order chi connectivity index (χ1) is 16.2. The number of aliphatic hydroxyl groups excluding tert-OH is 2. The van der Waals surface area contributed by atoms with Crippen LogP contribution in [0.4, 0.5) is 0 Å². The highest BCUT2D eigenvalue weighted by Gasteiger charge is 2.35. The van der Waals surface area contributed by atoms with E-state index in [9.17, 15) is 10.2 Å². The van der Waals surface area contributed by atoms with Gasteiger partial charge in [-0.2, -0.15) is 0 Å². The van der Waals surface area contributed by atoms with Crippen LogP contribution in [0.15, 0.2) is 0 Å². The van der Waals surface area contributed by atoms with Crippen LogP contribution in [0.3, 0.4) is 0 Å². The van der Waals surface area contributed by atoms with Crippen molar-refractivity contribution in [3.05, 3.63) is 0 Å². The van der Waals surface area contributed by atoms with Crippen LogP contribution >= 0.6 is 0 Å². The van der Waals surface area contributed by atoms with E-state index in [1.807, 2.05) is 6.92 Å². The standard InChI is InChI=1S/C28H56O5/c1-3-4-5-6-7-8-9-10-11-12-13-14-15-16-17-20-31-21-18-19-22-32-28-25(2)27(30)23-26(24-29)33-28/h25-30H,3-24H2,1-2H3/t25-,26?,27?,28?/m1/s1. The van der Waals surface area contributed by atoms with Gasteiger partial charge in [0, 0.05) is 32.2 Å². The molecule has 0 aromatic heterocycles. The van der Waals surface area contributed by atoms with Crippen molar-refractivity contribution in [3.63, 3.8) is 0 Å². The van der Waals surface area contributed by atoms with Crippen molar-refractivity contribution >= 4 is 0 Å². The van der Waals surface area contributed by atoms with Gasteiger partial charge in [0.25, 0.3) is 0 Å². The highest BCUT2D eigenvalue weighted by molar-refractivity contribution is 4.78. The monoisotopic (exact) mass is 472 g/mol. The van der Waals surface area contributed by atoms with E-state index in [4.69, 9.17) is 14.2 Å². The van der Waals surface area contributed by atoms with Gasteiger partial charge in [0.2, 0.25) is 0 Å². The van der Waals surface area contributed by atoms with Crippen LogP contribution < -0.4 is 0 Å². The average molecular weight is 473 g/mol. The van der Waals surface area contributed by atoms with Crippen molar-refractivity contribution in [2.24, 2.45) is 5.92 Å². The molecular weight excluding hydrogens is 416 g/mol. The predicted octanol–water partition coefficient (Wildman–Crippen LogP) is 6.78. The van der Waals surface area contributed by atoms with Crippen molar-refractivity contribution in [2.45, 2.75) is 148 Å². The molecule has 3 unspecified atom stereocenters. The molecule has 2 N–H and O–H groups in total. The molecule has 4 atom stereocenters. The van der Waals surface area contributed by atoms with E-state index >= 15 is 0 Å². The van der Waals surface area contributed by atoms with Gasteiger partial charge in [-0.05, 0) is 19.3 Å². The first-order valence-electron chi connectivity index (χ1n) is 14.3. The number of ether oxygens (including phenoxy) is 3. The van der Waals surface area contributed by atoms with Gasteiger partial charge in [0.15, 0.2) is 6.29 Å². The highest BCUT2D eigenvalue weighted by Crippen LogP contribution is 2.26. The summed E-state index contributed by atoms with van der Waals surface area (Å²) < 4.78 is 17.2. The minimum Gasteiger partial charge on any atom is -0.394 e. The van der Waals surface area contributed by atoms with Crippen LogP contribution in [0.5, 0.6) is 0 Å². The van der Waals surface area contributed by atoms with Gasteiger partial charge in [-0.3, -0.25) is 0 Å². The number of hydrogen-bond donors (Lipinski definition) is 2. The fourth-order valence-electron chi connectivity index (χ4n) is 4.53. The van der Waals surface area contributed by atoms with E-state index in [1.54, 1.807) is 0 Å². The molecule has 0 aliphatic carbocycles. The van der Waals surface area contributed by atoms with E-state index < -0.39 is 12.4 Å². The molecule has 0 radical (unpaired) electrons. The Balaban J connectivity index is 1.75. The Morgan fingerprint density at radius 3 is 1.67 bits per heavy atom. The maximum absolute atomic E-state index is 10.0. The minimum absolute atomic E-state index is 0.0610. The Bertz CT molecular complexity index is 406. The molecule has 1 aliphatic heterocycles. The number of aliphatic hydroxyl groups is 2. The Morgan fingerprint density at radius 2 is 1.15 bits per heavy atom. The van der Waals surface area contributed by atoms with E-state index in [2.05, 4.69) is 6.92 Å². The zero-order chi connectivity index (χ0) is 24.0. The molecule has 1 rings (SSSR count). The highest BCUT2D eigenvalue weighted by atomic mass is 16.7. The lowest BCUT2D eigenvalue weighted by Gasteiger charge is -2.37. The van der Waals surface area contributed by atoms with Crippen LogP contribution in [-0.2, 0) is 14.2 Å². The molecule has 0 saturated carbocycles. The molecule has 5 nitrogen and oxygen atoms in total. The lowest BCUT2D eigenvalue weighted by Crippen LogP contribution is -2.45. The third-order valence-electron chi connectivity index (χ3n) is 6.93. The molecule has 0 spiro atoms. The molecule has 5 heteroatoms. The first-order valence-corrected chi connectivity index (χ1v) is 14.3. The maximum Gasteiger partial charge on any atom is 0.163 e. The summed E-state index contributed by atoms with van der Waals surface area (Å²) >= 11 is 0. The maximum atomic E-state index is 10.0. The smallest absolute Gasteiger partial charge is 0.163 e. The van der Waals surface area contributed by atoms with Crippen molar-refractivity contribution in [1.29, 1.82) is 0 Å². The van der Waals surface area contributed by atoms with Crippen LogP contribution in [-0.4, -0.2) is 55.1 Å². The first kappa shape index (κ1) is 30.8. The Kier molecular flexibility index (Phi) is 20.8. The minimum atomic E-state index is -0.473. The normalized spacial score (nSPS) is 23.3. The Labute approximate surface area is 205 Å². The summed E-state index contributed by atoms with van der Waals surface area (Å²) in [5.41, 5.74) is 0. The fourth-order valence-corrected chi connectivity index (χ4v) is 4.53. The largest absolute Gasteiger partial charge is 0.394 e. The molecule has 198 valence electrons. The van der Waals surface area contributed by atoms with Gasteiger partial charge in [0.1, 0.15) is 0 Å². The number of hydrogen-bond acceptors (Lipinski definition) is 5. The lowest BCUT2D eigenvalue weighted by molar-refractivity contribution is -0.249. The molecule has 33 heavy (non-hydrogen) atoms. The zero-order valence-electron chi connectivity index (χ0n) is 22.0. The number of unbranched alkanes of at least 4 members (excludes halogenated alkanes) is 15. The predicted molar refractivity (Wildman–Crippen MR) is 136 cm³/mol. The summed E-state index contributed by atoms with van der Waals surface area (Å²) in [6.07, 6.45) is 22.0. The van der Waals surface area contributed by atoms with E-state index in [1.165, 1.54) is 96.3 Å². The van der Waals surface area contributed by atoms with Gasteiger partial charge in [-0.1, -0.05) is 104 Å². The van der Waals surface area contributed by atoms with Gasteiger partial charge in [-0.25, -0.2) is 0 Å². The molecule has 0 bridgehead atoms. The second-order valence-electron chi connectivity index (χ2n) is 10.1. The quantitative estimate of drug-likeness (QED) is 0.161. The van der Waals surface area contributed by atoms with Crippen LogP contribution in [0.25, 0.3) is 0 Å². The third kappa shape index (κ3) is 17.0. The Morgan fingerprint density at radius 1 is 0.697 bits per heavy atom. The fraction of sp³-hybridized carbons (Fsp3) is 1.00. The second-order valence-corrected chi connectivity index (χ2v) is 10.1. The van der Waals surface area contributed by atoms with E-state index in [0.717, 1.165) is 26.1 Å². The van der Waals surface area contributed by atoms with Gasteiger partial charge in [-0.15, -0.1) is 0 Å². The van der Waals surface area contributed by atoms with Crippen molar-refractivity contribution in [1.82, 2.24) is 0 Å². The summed E-state index contributed by atoms with van der Waals surface area (Å²) in [6.45, 7) is 6.39. The van der Waals surface area contributed by atoms with Crippen LogP contribution in [0, 0.1) is 5.92 Å². The molecule has 0 amide bonds. The van der Waals surface area contributed by atoms with Gasteiger partial charge >= 0.3 is 0 Å². The van der Waals surface area contributed by atoms with E-state index in [0.29, 0.717) is 13.0 Å². The summed E-state index contributed by atoms with van der Waals surface area (Å²) in [6, 6.07) is 0. The molecule has 0 aromatic rings. The molecule has 1 saturated heterocycles. The summed E-state index contributed by atoms with van der Waals surface area (Å²) in [4.78, 5) is 0. The SMILES string of the molecule is CCCCCCCCCCCCCCCCCOCCCCOC1OC(CO)CC(O)[C@H]1C. The molecule has 1 heterocycles. The average Bonchev–Trinajstić information content (AvgIpc) is 2.82. The molecule has 1 aliphatic rings. The van der Waals surface area contributed by atoms with Crippen LogP contribution in [0.1, 0.15) is 129 Å². The summed E-state index contributed by atoms with van der Waals surface area (Å²) in [5, 5.41) is 19.3. The van der Waals surface area contributed by atoms with Crippen LogP contribution in [0.2, 0.25) is 0 Å².